The molecule has 1 aliphatic rings. The summed E-state index contributed by atoms with van der Waals surface area (Å²) < 4.78 is 0. The van der Waals surface area contributed by atoms with E-state index >= 15 is 0 Å². The van der Waals surface area contributed by atoms with E-state index in [1.54, 1.807) is 0 Å². The van der Waals surface area contributed by atoms with Crippen molar-refractivity contribution in [2.75, 3.05) is 0 Å². The Morgan fingerprint density at radius 2 is 0.778 bits per heavy atom. The number of hydrogen-bond donors (Lipinski definition) is 0. The smallest absolute Gasteiger partial charge is 0.660 e. The summed E-state index contributed by atoms with van der Waals surface area (Å²) in [6.07, 6.45) is 0. The second-order valence-corrected chi connectivity index (χ2v) is 19.9. The average molecular weight is 490 g/mol. The van der Waals surface area contributed by atoms with E-state index in [0.29, 0.717) is 0 Å². The maximum Gasteiger partial charge on any atom is 4.00 e. The molecule has 1 aliphatic carbocycles. The molecule has 0 aliphatic heterocycles. The fourth-order valence-corrected chi connectivity index (χ4v) is 17.6. The summed E-state index contributed by atoms with van der Waals surface area (Å²) >= 11 is 0. The van der Waals surface area contributed by atoms with Crippen molar-refractivity contribution in [2.45, 2.75) is 111 Å². The maximum atomic E-state index is 5.42. The van der Waals surface area contributed by atoms with Crippen molar-refractivity contribution >= 4 is 16.5 Å². The van der Waals surface area contributed by atoms with Crippen molar-refractivity contribution in [3.63, 3.8) is 0 Å². The molecule has 0 heterocycles. The molecule has 0 N–H and O–H groups in total. The topological polar surface area (TPSA) is 28.2 Å². The molecule has 0 bridgehead atoms. The summed E-state index contributed by atoms with van der Waals surface area (Å²) in [5.41, 5.74) is 1.66. The zero-order valence-electron chi connectivity index (χ0n) is 21.3. The Morgan fingerprint density at radius 3 is 0.963 bits per heavy atom. The predicted octanol–water partition coefficient (Wildman–Crippen LogP) is 8.30. The van der Waals surface area contributed by atoms with E-state index in [0.717, 1.165) is 28.8 Å². The first-order chi connectivity index (χ1) is 10.4. The van der Waals surface area contributed by atoms with Gasteiger partial charge in [-0.2, -0.15) is 0 Å². The van der Waals surface area contributed by atoms with Crippen LogP contribution in [-0.4, -0.2) is 27.5 Å². The van der Waals surface area contributed by atoms with Crippen LogP contribution < -0.4 is 0 Å². The monoisotopic (exact) mass is 488 g/mol. The Morgan fingerprint density at radius 1 is 0.556 bits per heavy atom. The molecule has 4 unspecified atom stereocenters. The van der Waals surface area contributed by atoms with Crippen LogP contribution in [0.4, 0.5) is 0 Å². The molecule has 0 aromatic carbocycles. The van der Waals surface area contributed by atoms with E-state index in [2.05, 4.69) is 88.5 Å². The normalized spacial score (nSPS) is 29.4. The van der Waals surface area contributed by atoms with Gasteiger partial charge in [-0.3, -0.25) is 0 Å². The average Bonchev–Trinajstić information content (AvgIpc) is 2.48. The minimum atomic E-state index is -1.70. The molecule has 0 aromatic rings. The standard InChI is InChI=1S/C20H44N2Si2.2CH3.Zr/c1-14-15(2)17(23(10,11)21-19(4,5)6)18(16(14)3)24(12,13)22-20(7,8)9;;;/h14-18H,1-13H3;2*1H3;/q-2;2*-1;+4. The third-order valence-corrected chi connectivity index (χ3v) is 13.9. The second-order valence-electron chi connectivity index (χ2n) is 11.5. The Hall–Kier alpha value is 1.24. The largest absolute Gasteiger partial charge is 4.00 e. The molecule has 2 nitrogen and oxygen atoms in total. The van der Waals surface area contributed by atoms with Gasteiger partial charge in [-0.1, -0.05) is 116 Å². The van der Waals surface area contributed by atoms with Gasteiger partial charge in [0, 0.05) is 0 Å². The summed E-state index contributed by atoms with van der Waals surface area (Å²) in [5.74, 6) is 2.31. The zero-order valence-corrected chi connectivity index (χ0v) is 25.7. The van der Waals surface area contributed by atoms with Crippen molar-refractivity contribution in [3.05, 3.63) is 24.8 Å². The summed E-state index contributed by atoms with van der Waals surface area (Å²) in [5, 5.41) is 0. The van der Waals surface area contributed by atoms with Gasteiger partial charge in [-0.25, -0.2) is 0 Å². The molecule has 0 aromatic heterocycles. The van der Waals surface area contributed by atoms with E-state index in [-0.39, 0.29) is 52.1 Å². The van der Waals surface area contributed by atoms with Gasteiger partial charge in [0.25, 0.3) is 0 Å². The number of hydrogen-bond acceptors (Lipinski definition) is 0. The van der Waals surface area contributed by atoms with Gasteiger partial charge in [0.15, 0.2) is 0 Å². The third kappa shape index (κ3) is 8.48. The summed E-state index contributed by atoms with van der Waals surface area (Å²) in [6, 6.07) is 0. The third-order valence-electron chi connectivity index (χ3n) is 6.06. The molecule has 1 rings (SSSR count). The minimum Gasteiger partial charge on any atom is -0.660 e. The first-order valence-electron chi connectivity index (χ1n) is 9.87. The summed E-state index contributed by atoms with van der Waals surface area (Å²) in [6.45, 7) is 31.1. The molecule has 1 saturated carbocycles. The first-order valence-corrected chi connectivity index (χ1v) is 15.9. The van der Waals surface area contributed by atoms with Crippen LogP contribution in [0.1, 0.15) is 62.3 Å². The molecule has 27 heavy (non-hydrogen) atoms. The van der Waals surface area contributed by atoms with E-state index in [9.17, 15) is 0 Å². The van der Waals surface area contributed by atoms with Crippen LogP contribution in [0.2, 0.25) is 37.3 Å². The van der Waals surface area contributed by atoms with Crippen molar-refractivity contribution in [1.82, 2.24) is 0 Å². The first kappa shape index (κ1) is 32.9. The van der Waals surface area contributed by atoms with Crippen LogP contribution in [-0.2, 0) is 26.2 Å². The van der Waals surface area contributed by atoms with Gasteiger partial charge in [-0.05, 0) is 17.8 Å². The van der Waals surface area contributed by atoms with Gasteiger partial charge in [0.05, 0.1) is 0 Å². The molecular weight excluding hydrogens is 440 g/mol. The Balaban J connectivity index is -0.00000192. The van der Waals surface area contributed by atoms with Crippen LogP contribution in [0.15, 0.2) is 0 Å². The van der Waals surface area contributed by atoms with Crippen LogP contribution in [0.3, 0.4) is 0 Å². The van der Waals surface area contributed by atoms with E-state index in [1.165, 1.54) is 0 Å². The Labute approximate surface area is 195 Å². The van der Waals surface area contributed by atoms with E-state index in [4.69, 9.17) is 9.96 Å². The van der Waals surface area contributed by atoms with Crippen molar-refractivity contribution in [2.24, 2.45) is 17.8 Å². The molecule has 0 spiro atoms. The fraction of sp³-hybridized carbons (Fsp3) is 0.909. The quantitative estimate of drug-likeness (QED) is 0.280. The van der Waals surface area contributed by atoms with Gasteiger partial charge in [0.2, 0.25) is 0 Å². The molecule has 1 fully saturated rings. The maximum absolute atomic E-state index is 5.42. The minimum absolute atomic E-state index is 0. The van der Waals surface area contributed by atoms with Crippen molar-refractivity contribution in [3.8, 4) is 0 Å². The Kier molecular flexibility index (Phi) is 12.8. The molecule has 4 atom stereocenters. The summed E-state index contributed by atoms with van der Waals surface area (Å²) in [7, 11) is -3.40. The van der Waals surface area contributed by atoms with Crippen molar-refractivity contribution in [1.29, 1.82) is 0 Å². The van der Waals surface area contributed by atoms with E-state index in [1.807, 2.05) is 0 Å². The van der Waals surface area contributed by atoms with Crippen LogP contribution >= 0.6 is 0 Å². The molecule has 5 heteroatoms. The predicted molar refractivity (Wildman–Crippen MR) is 129 cm³/mol. The number of rotatable bonds is 4. The van der Waals surface area contributed by atoms with Gasteiger partial charge in [-0.15, -0.1) is 11.1 Å². The van der Waals surface area contributed by atoms with Gasteiger partial charge >= 0.3 is 26.2 Å². The SMILES string of the molecule is CC1C(C)C([Si](C)(C)[N-]C(C)(C)C)C([Si](C)(C)[N-]C(C)(C)C)C1C.[CH3-].[CH3-].[Zr+4]. The van der Waals surface area contributed by atoms with Crippen LogP contribution in [0.25, 0.3) is 9.96 Å². The van der Waals surface area contributed by atoms with Gasteiger partial charge in [0.1, 0.15) is 0 Å². The number of nitrogens with zero attached hydrogens (tertiary/aromatic N) is 2. The zero-order chi connectivity index (χ0) is 19.3. The molecule has 160 valence electrons. The summed E-state index contributed by atoms with van der Waals surface area (Å²) in [4.78, 5) is 10.8. The second kappa shape index (κ2) is 10.5. The Bertz CT molecular complexity index is 399. The molecule has 0 saturated heterocycles. The van der Waals surface area contributed by atoms with Crippen LogP contribution in [0.5, 0.6) is 0 Å². The van der Waals surface area contributed by atoms with Crippen LogP contribution in [0, 0.1) is 32.6 Å². The molecule has 0 radical (unpaired) electrons. The van der Waals surface area contributed by atoms with Gasteiger partial charge < -0.3 is 24.8 Å². The molecule has 0 amide bonds. The fourth-order valence-electron chi connectivity index (χ4n) is 5.83. The molecular formula is C22H50N2Si2Zr. The van der Waals surface area contributed by atoms with Crippen molar-refractivity contribution < 1.29 is 26.2 Å². The van der Waals surface area contributed by atoms with E-state index < -0.39 is 16.5 Å².